The number of nitrogens with zero attached hydrogens (tertiary/aromatic N) is 2. The molecule has 0 unspecified atom stereocenters. The molecule has 1 aliphatic rings. The number of rotatable bonds is 3. The van der Waals surface area contributed by atoms with Gasteiger partial charge >= 0.3 is 5.63 Å². The van der Waals surface area contributed by atoms with E-state index in [1.54, 1.807) is 12.4 Å². The molecular weight excluding hydrogens is 316 g/mol. The lowest BCUT2D eigenvalue weighted by atomic mass is 9.91. The van der Waals surface area contributed by atoms with Crippen LogP contribution in [0.1, 0.15) is 22.6 Å². The van der Waals surface area contributed by atoms with Crippen LogP contribution in [-0.2, 0) is 11.2 Å². The number of fused-ring (bicyclic) bond motifs is 1. The van der Waals surface area contributed by atoms with Crippen LogP contribution in [-0.4, -0.2) is 28.9 Å². The van der Waals surface area contributed by atoms with Crippen LogP contribution in [0.15, 0.2) is 58.0 Å². The number of hydrogen-bond donors (Lipinski definition) is 0. The molecule has 1 amide bonds. The minimum absolute atomic E-state index is 0.0396. The van der Waals surface area contributed by atoms with Crippen molar-refractivity contribution in [2.45, 2.75) is 19.3 Å². The van der Waals surface area contributed by atoms with Crippen LogP contribution in [0.25, 0.3) is 11.0 Å². The summed E-state index contributed by atoms with van der Waals surface area (Å²) >= 11 is 0. The second-order valence-corrected chi connectivity index (χ2v) is 6.54. The topological polar surface area (TPSA) is 63.4 Å². The van der Waals surface area contributed by atoms with Gasteiger partial charge in [-0.15, -0.1) is 0 Å². The van der Waals surface area contributed by atoms with Gasteiger partial charge in [-0.3, -0.25) is 9.78 Å². The summed E-state index contributed by atoms with van der Waals surface area (Å²) in [7, 11) is 0. The molecule has 4 rings (SSSR count). The first-order valence-electron chi connectivity index (χ1n) is 8.31. The van der Waals surface area contributed by atoms with Crippen LogP contribution in [0.3, 0.4) is 0 Å². The third kappa shape index (κ3) is 3.05. The molecule has 3 aromatic rings. The molecule has 0 aliphatic carbocycles. The van der Waals surface area contributed by atoms with Crippen molar-refractivity contribution in [2.75, 3.05) is 13.1 Å². The zero-order chi connectivity index (χ0) is 17.4. The van der Waals surface area contributed by atoms with E-state index in [9.17, 15) is 9.59 Å². The average Bonchev–Trinajstić information content (AvgIpc) is 2.53. The van der Waals surface area contributed by atoms with Gasteiger partial charge in [0.2, 0.25) is 5.91 Å². The molecule has 3 heterocycles. The van der Waals surface area contributed by atoms with E-state index in [4.69, 9.17) is 4.42 Å². The molecule has 0 atom stereocenters. The standard InChI is InChI=1S/C20H18N2O3/c1-13-2-3-17-15(10-20(24)25-18(17)8-13)9-19(23)22-11-16(12-22)14-4-6-21-7-5-14/h2-8,10,16H,9,11-12H2,1H3. The third-order valence-corrected chi connectivity index (χ3v) is 4.74. The normalized spacial score (nSPS) is 14.5. The van der Waals surface area contributed by atoms with Crippen LogP contribution in [0.5, 0.6) is 0 Å². The van der Waals surface area contributed by atoms with E-state index in [-0.39, 0.29) is 12.3 Å². The predicted molar refractivity (Wildman–Crippen MR) is 94.5 cm³/mol. The van der Waals surface area contributed by atoms with E-state index in [1.165, 1.54) is 11.6 Å². The zero-order valence-electron chi connectivity index (χ0n) is 13.9. The zero-order valence-corrected chi connectivity index (χ0v) is 13.9. The van der Waals surface area contributed by atoms with E-state index in [1.807, 2.05) is 42.2 Å². The Balaban J connectivity index is 1.51. The Morgan fingerprint density at radius 1 is 1.20 bits per heavy atom. The monoisotopic (exact) mass is 334 g/mol. The number of aryl methyl sites for hydroxylation is 1. The van der Waals surface area contributed by atoms with E-state index >= 15 is 0 Å². The van der Waals surface area contributed by atoms with Crippen molar-refractivity contribution < 1.29 is 9.21 Å². The molecule has 126 valence electrons. The molecule has 1 fully saturated rings. The summed E-state index contributed by atoms with van der Waals surface area (Å²) in [5, 5.41) is 0.824. The number of likely N-dealkylation sites (tertiary alicyclic amines) is 1. The van der Waals surface area contributed by atoms with Crippen LogP contribution in [0.4, 0.5) is 0 Å². The van der Waals surface area contributed by atoms with Crippen molar-refractivity contribution in [3.63, 3.8) is 0 Å². The lowest BCUT2D eigenvalue weighted by Crippen LogP contribution is -2.49. The average molecular weight is 334 g/mol. The number of carbonyl (C=O) groups is 1. The summed E-state index contributed by atoms with van der Waals surface area (Å²) in [5.41, 5.74) is 3.07. The van der Waals surface area contributed by atoms with Crippen molar-refractivity contribution in [3.05, 3.63) is 75.9 Å². The van der Waals surface area contributed by atoms with Crippen molar-refractivity contribution in [2.24, 2.45) is 0 Å². The Hall–Kier alpha value is -2.95. The maximum atomic E-state index is 12.6. The maximum absolute atomic E-state index is 12.6. The highest BCUT2D eigenvalue weighted by atomic mass is 16.4. The molecule has 0 radical (unpaired) electrons. The number of benzene rings is 1. The Morgan fingerprint density at radius 2 is 1.96 bits per heavy atom. The summed E-state index contributed by atoms with van der Waals surface area (Å²) in [6, 6.07) is 11.1. The van der Waals surface area contributed by atoms with E-state index in [0.29, 0.717) is 24.6 Å². The van der Waals surface area contributed by atoms with E-state index in [2.05, 4.69) is 4.98 Å². The van der Waals surface area contributed by atoms with Gasteiger partial charge in [-0.1, -0.05) is 12.1 Å². The van der Waals surface area contributed by atoms with Crippen LogP contribution in [0, 0.1) is 6.92 Å². The molecule has 1 aromatic carbocycles. The Bertz CT molecular complexity index is 989. The molecule has 0 spiro atoms. The van der Waals surface area contributed by atoms with Gasteiger partial charge < -0.3 is 9.32 Å². The first-order valence-corrected chi connectivity index (χ1v) is 8.31. The molecule has 0 bridgehead atoms. The van der Waals surface area contributed by atoms with Gasteiger partial charge in [-0.05, 0) is 41.8 Å². The number of aromatic nitrogens is 1. The smallest absolute Gasteiger partial charge is 0.336 e. The lowest BCUT2D eigenvalue weighted by Gasteiger charge is -2.39. The Labute approximate surface area is 144 Å². The Kier molecular flexibility index (Phi) is 3.84. The molecular formula is C20H18N2O3. The van der Waals surface area contributed by atoms with Crippen molar-refractivity contribution in [1.82, 2.24) is 9.88 Å². The second-order valence-electron chi connectivity index (χ2n) is 6.54. The molecule has 5 nitrogen and oxygen atoms in total. The second kappa shape index (κ2) is 6.16. The van der Waals surface area contributed by atoms with Gasteiger partial charge in [0.05, 0.1) is 6.42 Å². The number of amides is 1. The predicted octanol–water partition coefficient (Wildman–Crippen LogP) is 2.66. The van der Waals surface area contributed by atoms with Gasteiger partial charge in [-0.25, -0.2) is 4.79 Å². The molecule has 25 heavy (non-hydrogen) atoms. The third-order valence-electron chi connectivity index (χ3n) is 4.74. The fourth-order valence-electron chi connectivity index (χ4n) is 3.29. The summed E-state index contributed by atoms with van der Waals surface area (Å²) < 4.78 is 5.25. The number of hydrogen-bond acceptors (Lipinski definition) is 4. The molecule has 0 saturated carbocycles. The minimum Gasteiger partial charge on any atom is -0.423 e. The molecule has 0 N–H and O–H groups in total. The van der Waals surface area contributed by atoms with Crippen LogP contribution < -0.4 is 5.63 Å². The summed E-state index contributed by atoms with van der Waals surface area (Å²) in [4.78, 5) is 30.2. The maximum Gasteiger partial charge on any atom is 0.336 e. The first kappa shape index (κ1) is 15.6. The first-order chi connectivity index (χ1) is 12.1. The minimum atomic E-state index is -0.417. The highest BCUT2D eigenvalue weighted by Gasteiger charge is 2.31. The molecule has 2 aromatic heterocycles. The fraction of sp³-hybridized carbons (Fsp3) is 0.250. The SMILES string of the molecule is Cc1ccc2c(CC(=O)N3CC(c4ccncc4)C3)cc(=O)oc2c1. The van der Waals surface area contributed by atoms with Crippen LogP contribution in [0.2, 0.25) is 0 Å². The van der Waals surface area contributed by atoms with Crippen molar-refractivity contribution in [1.29, 1.82) is 0 Å². The van der Waals surface area contributed by atoms with E-state index < -0.39 is 5.63 Å². The largest absolute Gasteiger partial charge is 0.423 e. The van der Waals surface area contributed by atoms with Gasteiger partial charge in [0.25, 0.3) is 0 Å². The lowest BCUT2D eigenvalue weighted by molar-refractivity contribution is -0.134. The summed E-state index contributed by atoms with van der Waals surface area (Å²) in [6.07, 6.45) is 3.77. The van der Waals surface area contributed by atoms with Crippen molar-refractivity contribution >= 4 is 16.9 Å². The summed E-state index contributed by atoms with van der Waals surface area (Å²) in [5.74, 6) is 0.407. The molecule has 1 aliphatic heterocycles. The van der Waals surface area contributed by atoms with Gasteiger partial charge in [0.1, 0.15) is 5.58 Å². The fourth-order valence-corrected chi connectivity index (χ4v) is 3.29. The van der Waals surface area contributed by atoms with Gasteiger partial charge in [-0.2, -0.15) is 0 Å². The van der Waals surface area contributed by atoms with Crippen molar-refractivity contribution in [3.8, 4) is 0 Å². The summed E-state index contributed by atoms with van der Waals surface area (Å²) in [6.45, 7) is 3.36. The highest BCUT2D eigenvalue weighted by Crippen LogP contribution is 2.27. The molecule has 1 saturated heterocycles. The van der Waals surface area contributed by atoms with E-state index in [0.717, 1.165) is 16.5 Å². The van der Waals surface area contributed by atoms with Gasteiger partial charge in [0.15, 0.2) is 0 Å². The van der Waals surface area contributed by atoms with Crippen LogP contribution >= 0.6 is 0 Å². The number of carbonyl (C=O) groups excluding carboxylic acids is 1. The molecule has 5 heteroatoms. The highest BCUT2D eigenvalue weighted by molar-refractivity contribution is 5.87. The van der Waals surface area contributed by atoms with Gasteiger partial charge in [0, 0.05) is 42.9 Å². The quantitative estimate of drug-likeness (QED) is 0.691. The number of pyridine rings is 1. The Morgan fingerprint density at radius 3 is 2.72 bits per heavy atom.